The normalized spacial score (nSPS) is 11.3. The third kappa shape index (κ3) is 2.71. The van der Waals surface area contributed by atoms with Crippen molar-refractivity contribution in [2.24, 2.45) is 0 Å². The van der Waals surface area contributed by atoms with Crippen LogP contribution in [0.5, 0.6) is 0 Å². The van der Waals surface area contributed by atoms with Gasteiger partial charge in [0, 0.05) is 6.54 Å². The summed E-state index contributed by atoms with van der Waals surface area (Å²) in [6.45, 7) is 2.13. The molecule has 0 bridgehead atoms. The Bertz CT molecular complexity index is 374. The Kier molecular flexibility index (Phi) is 3.49. The van der Waals surface area contributed by atoms with E-state index in [4.69, 9.17) is 4.55 Å². The molecule has 0 unspecified atom stereocenters. The van der Waals surface area contributed by atoms with Gasteiger partial charge in [0.1, 0.15) is 0 Å². The predicted molar refractivity (Wildman–Crippen MR) is 55.6 cm³/mol. The molecule has 14 heavy (non-hydrogen) atoms. The number of rotatable bonds is 4. The lowest BCUT2D eigenvalue weighted by Crippen LogP contribution is -2.30. The first-order chi connectivity index (χ1) is 6.55. The van der Waals surface area contributed by atoms with Gasteiger partial charge in [-0.05, 0) is 18.6 Å². The first kappa shape index (κ1) is 11.0. The van der Waals surface area contributed by atoms with Crippen LogP contribution in [-0.2, 0) is 10.3 Å². The minimum absolute atomic E-state index is 0.281. The van der Waals surface area contributed by atoms with Gasteiger partial charge in [0.2, 0.25) is 0 Å². The van der Waals surface area contributed by atoms with Crippen LogP contribution in [0.1, 0.15) is 13.3 Å². The Morgan fingerprint density at radius 2 is 1.86 bits per heavy atom. The van der Waals surface area contributed by atoms with Crippen molar-refractivity contribution in [2.75, 3.05) is 10.8 Å². The molecule has 1 aromatic carbocycles. The average molecular weight is 215 g/mol. The number of hydrogen-bond donors (Lipinski definition) is 1. The standard InChI is InChI=1S/C9H13NO3S/c1-2-8-10(14(11,12)13)9-6-4-3-5-7-9/h3-7H,2,8H2,1H3,(H,11,12,13). The summed E-state index contributed by atoms with van der Waals surface area (Å²) < 4.78 is 31.9. The molecule has 0 spiro atoms. The summed E-state index contributed by atoms with van der Waals surface area (Å²) in [5, 5.41) is 0. The van der Waals surface area contributed by atoms with E-state index < -0.39 is 10.3 Å². The Morgan fingerprint density at radius 1 is 1.29 bits per heavy atom. The highest BCUT2D eigenvalue weighted by molar-refractivity contribution is 7.87. The molecule has 0 aromatic heterocycles. The first-order valence-corrected chi connectivity index (χ1v) is 5.75. The first-order valence-electron chi connectivity index (χ1n) is 4.36. The van der Waals surface area contributed by atoms with Crippen LogP contribution in [0.3, 0.4) is 0 Å². The van der Waals surface area contributed by atoms with Gasteiger partial charge in [0.15, 0.2) is 0 Å². The van der Waals surface area contributed by atoms with Gasteiger partial charge in [-0.25, -0.2) is 4.31 Å². The number of anilines is 1. The molecule has 0 aliphatic heterocycles. The lowest BCUT2D eigenvalue weighted by atomic mass is 10.3. The molecule has 0 amide bonds. The number of para-hydroxylation sites is 1. The van der Waals surface area contributed by atoms with Crippen molar-refractivity contribution in [3.05, 3.63) is 30.3 Å². The third-order valence-electron chi connectivity index (χ3n) is 1.75. The van der Waals surface area contributed by atoms with Gasteiger partial charge in [0.25, 0.3) is 0 Å². The van der Waals surface area contributed by atoms with Gasteiger partial charge in [-0.15, -0.1) is 0 Å². The fourth-order valence-corrected chi connectivity index (χ4v) is 1.98. The maximum absolute atomic E-state index is 11.0. The van der Waals surface area contributed by atoms with Crippen molar-refractivity contribution < 1.29 is 13.0 Å². The number of nitrogens with zero attached hydrogens (tertiary/aromatic N) is 1. The van der Waals surface area contributed by atoms with E-state index in [1.54, 1.807) is 30.3 Å². The van der Waals surface area contributed by atoms with Crippen LogP contribution in [0, 0.1) is 0 Å². The SMILES string of the molecule is CCCN(c1ccccc1)S(=O)(=O)O. The van der Waals surface area contributed by atoms with E-state index in [0.717, 1.165) is 4.31 Å². The molecule has 0 atom stereocenters. The van der Waals surface area contributed by atoms with Crippen molar-refractivity contribution in [1.82, 2.24) is 0 Å². The van der Waals surface area contributed by atoms with Gasteiger partial charge in [-0.1, -0.05) is 25.1 Å². The molecule has 1 rings (SSSR count). The maximum atomic E-state index is 11.0. The Hall–Kier alpha value is -1.07. The second-order valence-electron chi connectivity index (χ2n) is 2.89. The van der Waals surface area contributed by atoms with Crippen molar-refractivity contribution >= 4 is 16.0 Å². The van der Waals surface area contributed by atoms with E-state index in [1.165, 1.54) is 0 Å². The zero-order valence-electron chi connectivity index (χ0n) is 7.92. The molecule has 0 fully saturated rings. The zero-order valence-corrected chi connectivity index (χ0v) is 8.74. The molecule has 0 saturated carbocycles. The minimum atomic E-state index is -4.15. The summed E-state index contributed by atoms with van der Waals surface area (Å²) in [6.07, 6.45) is 0.648. The lowest BCUT2D eigenvalue weighted by Gasteiger charge is -2.19. The Morgan fingerprint density at radius 3 is 2.29 bits per heavy atom. The van der Waals surface area contributed by atoms with E-state index in [9.17, 15) is 8.42 Å². The Labute approximate surface area is 84.1 Å². The summed E-state index contributed by atoms with van der Waals surface area (Å²) >= 11 is 0. The van der Waals surface area contributed by atoms with E-state index in [1.807, 2.05) is 6.92 Å². The van der Waals surface area contributed by atoms with E-state index in [-0.39, 0.29) is 6.54 Å². The molecule has 0 heterocycles. The monoisotopic (exact) mass is 215 g/mol. The van der Waals surface area contributed by atoms with Crippen LogP contribution in [0.15, 0.2) is 30.3 Å². The van der Waals surface area contributed by atoms with Gasteiger partial charge in [-0.2, -0.15) is 8.42 Å². The molecule has 0 aliphatic rings. The second-order valence-corrected chi connectivity index (χ2v) is 4.22. The molecular formula is C9H13NO3S. The van der Waals surface area contributed by atoms with Crippen LogP contribution < -0.4 is 4.31 Å². The molecule has 4 nitrogen and oxygen atoms in total. The zero-order chi connectivity index (χ0) is 10.6. The Balaban J connectivity index is 3.02. The van der Waals surface area contributed by atoms with Gasteiger partial charge in [0.05, 0.1) is 5.69 Å². The summed E-state index contributed by atoms with van der Waals surface area (Å²) in [4.78, 5) is 0. The average Bonchev–Trinajstić information content (AvgIpc) is 2.14. The highest BCUT2D eigenvalue weighted by Gasteiger charge is 2.17. The van der Waals surface area contributed by atoms with Gasteiger partial charge in [-0.3, -0.25) is 4.55 Å². The van der Waals surface area contributed by atoms with Crippen LogP contribution in [0.2, 0.25) is 0 Å². The smallest absolute Gasteiger partial charge is 0.269 e. The summed E-state index contributed by atoms with van der Waals surface area (Å²) in [5.41, 5.74) is 0.483. The lowest BCUT2D eigenvalue weighted by molar-refractivity contribution is 0.477. The summed E-state index contributed by atoms with van der Waals surface area (Å²) in [7, 11) is -4.15. The quantitative estimate of drug-likeness (QED) is 0.778. The molecule has 1 N–H and O–H groups in total. The molecule has 78 valence electrons. The van der Waals surface area contributed by atoms with Crippen LogP contribution in [0.25, 0.3) is 0 Å². The van der Waals surface area contributed by atoms with Crippen molar-refractivity contribution in [2.45, 2.75) is 13.3 Å². The van der Waals surface area contributed by atoms with Gasteiger partial charge >= 0.3 is 10.3 Å². The molecule has 0 saturated heterocycles. The maximum Gasteiger partial charge on any atom is 0.359 e. The molecule has 1 aromatic rings. The minimum Gasteiger partial charge on any atom is -0.269 e. The third-order valence-corrected chi connectivity index (χ3v) is 2.70. The van der Waals surface area contributed by atoms with Crippen molar-refractivity contribution in [3.63, 3.8) is 0 Å². The molecular weight excluding hydrogens is 202 g/mol. The largest absolute Gasteiger partial charge is 0.359 e. The summed E-state index contributed by atoms with van der Waals surface area (Å²) in [6, 6.07) is 8.52. The van der Waals surface area contributed by atoms with Crippen LogP contribution in [0.4, 0.5) is 5.69 Å². The predicted octanol–water partition coefficient (Wildman–Crippen LogP) is 1.71. The van der Waals surface area contributed by atoms with Crippen LogP contribution in [-0.4, -0.2) is 19.5 Å². The highest BCUT2D eigenvalue weighted by atomic mass is 32.2. The highest BCUT2D eigenvalue weighted by Crippen LogP contribution is 2.16. The topological polar surface area (TPSA) is 57.6 Å². The number of hydrogen-bond acceptors (Lipinski definition) is 2. The van der Waals surface area contributed by atoms with Crippen molar-refractivity contribution in [3.8, 4) is 0 Å². The number of benzene rings is 1. The molecule has 5 heteroatoms. The molecule has 0 aliphatic carbocycles. The van der Waals surface area contributed by atoms with E-state index in [0.29, 0.717) is 12.1 Å². The molecule has 0 radical (unpaired) electrons. The fourth-order valence-electron chi connectivity index (χ4n) is 1.18. The fraction of sp³-hybridized carbons (Fsp3) is 0.333. The van der Waals surface area contributed by atoms with Gasteiger partial charge < -0.3 is 0 Å². The second kappa shape index (κ2) is 4.43. The van der Waals surface area contributed by atoms with Crippen LogP contribution >= 0.6 is 0 Å². The van der Waals surface area contributed by atoms with E-state index in [2.05, 4.69) is 0 Å². The van der Waals surface area contributed by atoms with E-state index >= 15 is 0 Å². The summed E-state index contributed by atoms with van der Waals surface area (Å²) in [5.74, 6) is 0. The van der Waals surface area contributed by atoms with Crippen molar-refractivity contribution in [1.29, 1.82) is 0 Å².